The molecule has 0 spiro atoms. The average Bonchev–Trinajstić information content (AvgIpc) is 3.89. The van der Waals surface area contributed by atoms with Crippen molar-refractivity contribution in [2.75, 3.05) is 4.90 Å². The summed E-state index contributed by atoms with van der Waals surface area (Å²) in [4.78, 5) is 2.43. The minimum atomic E-state index is -0.223. The zero-order valence-electron chi connectivity index (χ0n) is 32.3. The van der Waals surface area contributed by atoms with Crippen LogP contribution in [0.2, 0.25) is 0 Å². The van der Waals surface area contributed by atoms with Crippen LogP contribution in [0.5, 0.6) is 0 Å². The first kappa shape index (κ1) is 32.8. The SMILES string of the molecule is CC1(C)c2cc(N(c3ccc(-c4ccc5c(c4)oc4ccccc45)cc3)c3cccc4ccccc34)ccc2-c2ccc(-n3c4ccccc4c4ccccc43)cc21. The number of fused-ring (bicyclic) bond motifs is 10. The molecule has 0 unspecified atom stereocenters. The summed E-state index contributed by atoms with van der Waals surface area (Å²) in [6.45, 7) is 4.76. The molecule has 2 heterocycles. The third-order valence-corrected chi connectivity index (χ3v) is 12.6. The number of hydrogen-bond acceptors (Lipinski definition) is 2. The zero-order valence-corrected chi connectivity index (χ0v) is 32.3. The van der Waals surface area contributed by atoms with Crippen molar-refractivity contribution in [1.82, 2.24) is 4.57 Å². The van der Waals surface area contributed by atoms with Crippen LogP contribution >= 0.6 is 0 Å². The number of aromatic nitrogens is 1. The standard InChI is InChI=1S/C55H38N2O/c1-55(2)48-33-39(27-30-42(48)43-31-28-40(34-49(43)55)57-51-18-8-5-15-44(51)45-16-6-9-19-52(45)57)56(50-20-11-13-36-12-3-4-14-41(36)50)38-25-22-35(23-26-38)37-24-29-47-46-17-7-10-21-53(46)58-54(47)32-37/h3-34H,1-2H3. The van der Waals surface area contributed by atoms with E-state index in [1.807, 2.05) is 12.1 Å². The molecule has 1 aliphatic carbocycles. The van der Waals surface area contributed by atoms with Crippen LogP contribution in [-0.2, 0) is 5.41 Å². The fourth-order valence-electron chi connectivity index (χ4n) is 9.73. The fraction of sp³-hybridized carbons (Fsp3) is 0.0545. The van der Waals surface area contributed by atoms with Gasteiger partial charge in [0.15, 0.2) is 0 Å². The number of anilines is 3. The zero-order chi connectivity index (χ0) is 38.5. The van der Waals surface area contributed by atoms with Crippen molar-refractivity contribution in [1.29, 1.82) is 0 Å². The fourth-order valence-corrected chi connectivity index (χ4v) is 9.73. The van der Waals surface area contributed by atoms with E-state index in [4.69, 9.17) is 4.42 Å². The van der Waals surface area contributed by atoms with Gasteiger partial charge in [-0.1, -0.05) is 135 Å². The van der Waals surface area contributed by atoms with Crippen molar-refractivity contribution < 1.29 is 4.42 Å². The highest BCUT2D eigenvalue weighted by atomic mass is 16.3. The highest BCUT2D eigenvalue weighted by Gasteiger charge is 2.36. The smallest absolute Gasteiger partial charge is 0.136 e. The molecule has 0 fully saturated rings. The average molecular weight is 743 g/mol. The van der Waals surface area contributed by atoms with Crippen molar-refractivity contribution in [3.63, 3.8) is 0 Å². The van der Waals surface area contributed by atoms with Gasteiger partial charge >= 0.3 is 0 Å². The summed E-state index contributed by atoms with van der Waals surface area (Å²) in [7, 11) is 0. The summed E-state index contributed by atoms with van der Waals surface area (Å²) < 4.78 is 8.69. The lowest BCUT2D eigenvalue weighted by molar-refractivity contribution is 0.660. The Hall–Kier alpha value is -7.36. The van der Waals surface area contributed by atoms with Crippen LogP contribution in [0.1, 0.15) is 25.0 Å². The largest absolute Gasteiger partial charge is 0.456 e. The summed E-state index contributed by atoms with van der Waals surface area (Å²) in [6, 6.07) is 70.7. The van der Waals surface area contributed by atoms with E-state index in [1.54, 1.807) is 0 Å². The first-order valence-electron chi connectivity index (χ1n) is 20.1. The van der Waals surface area contributed by atoms with Crippen LogP contribution < -0.4 is 4.90 Å². The minimum absolute atomic E-state index is 0.223. The molecule has 0 aliphatic heterocycles. The van der Waals surface area contributed by atoms with Crippen molar-refractivity contribution in [3.05, 3.63) is 205 Å². The van der Waals surface area contributed by atoms with E-state index < -0.39 is 0 Å². The van der Waals surface area contributed by atoms with Crippen molar-refractivity contribution in [3.8, 4) is 27.9 Å². The van der Waals surface area contributed by atoms with Crippen LogP contribution in [0, 0.1) is 0 Å². The van der Waals surface area contributed by atoms with E-state index in [2.05, 4.69) is 205 Å². The molecule has 0 saturated carbocycles. The summed E-state index contributed by atoms with van der Waals surface area (Å²) >= 11 is 0. The number of para-hydroxylation sites is 3. The Labute approximate surface area is 336 Å². The molecule has 0 bridgehead atoms. The molecular formula is C55H38N2O. The third-order valence-electron chi connectivity index (χ3n) is 12.6. The molecule has 0 radical (unpaired) electrons. The number of furan rings is 1. The van der Waals surface area contributed by atoms with E-state index in [-0.39, 0.29) is 5.41 Å². The van der Waals surface area contributed by atoms with Gasteiger partial charge in [0, 0.05) is 49.4 Å². The molecule has 9 aromatic carbocycles. The van der Waals surface area contributed by atoms with Crippen LogP contribution in [0.3, 0.4) is 0 Å². The lowest BCUT2D eigenvalue weighted by Crippen LogP contribution is -2.17. The number of benzene rings is 9. The molecule has 0 amide bonds. The van der Waals surface area contributed by atoms with Gasteiger partial charge in [-0.2, -0.15) is 0 Å². The van der Waals surface area contributed by atoms with Gasteiger partial charge in [-0.15, -0.1) is 0 Å². The molecule has 1 aliphatic rings. The topological polar surface area (TPSA) is 21.3 Å². The highest BCUT2D eigenvalue weighted by molar-refractivity contribution is 6.09. The summed E-state index contributed by atoms with van der Waals surface area (Å²) in [6.07, 6.45) is 0. The molecular weight excluding hydrogens is 705 g/mol. The minimum Gasteiger partial charge on any atom is -0.456 e. The Morgan fingerprint density at radius 1 is 0.431 bits per heavy atom. The Morgan fingerprint density at radius 2 is 1.02 bits per heavy atom. The van der Waals surface area contributed by atoms with Gasteiger partial charge in [-0.25, -0.2) is 0 Å². The second-order valence-electron chi connectivity index (χ2n) is 16.1. The van der Waals surface area contributed by atoms with Gasteiger partial charge in [-0.3, -0.25) is 0 Å². The Balaban J connectivity index is 0.974. The molecule has 3 nitrogen and oxygen atoms in total. The van der Waals surface area contributed by atoms with Gasteiger partial charge in [0.1, 0.15) is 11.2 Å². The van der Waals surface area contributed by atoms with Gasteiger partial charge in [0.25, 0.3) is 0 Å². The monoisotopic (exact) mass is 742 g/mol. The van der Waals surface area contributed by atoms with Crippen LogP contribution in [0.15, 0.2) is 199 Å². The van der Waals surface area contributed by atoms with Crippen molar-refractivity contribution >= 4 is 71.6 Å². The van der Waals surface area contributed by atoms with E-state index >= 15 is 0 Å². The Morgan fingerprint density at radius 3 is 1.79 bits per heavy atom. The van der Waals surface area contributed by atoms with Gasteiger partial charge in [-0.05, 0) is 112 Å². The second kappa shape index (κ2) is 12.3. The first-order chi connectivity index (χ1) is 28.5. The normalized spacial score (nSPS) is 13.1. The van der Waals surface area contributed by atoms with E-state index in [9.17, 15) is 0 Å². The first-order valence-corrected chi connectivity index (χ1v) is 20.1. The molecule has 12 rings (SSSR count). The lowest BCUT2D eigenvalue weighted by Gasteiger charge is -2.29. The quantitative estimate of drug-likeness (QED) is 0.175. The van der Waals surface area contributed by atoms with Gasteiger partial charge < -0.3 is 13.9 Å². The van der Waals surface area contributed by atoms with Crippen LogP contribution in [-0.4, -0.2) is 4.57 Å². The second-order valence-corrected chi connectivity index (χ2v) is 16.1. The summed E-state index contributed by atoms with van der Waals surface area (Å²) in [5, 5.41) is 7.27. The Kier molecular flexibility index (Phi) is 6.98. The van der Waals surface area contributed by atoms with Crippen LogP contribution in [0.25, 0.3) is 82.5 Å². The molecule has 0 atom stereocenters. The molecule has 0 saturated heterocycles. The predicted octanol–water partition coefficient (Wildman–Crippen LogP) is 15.3. The maximum Gasteiger partial charge on any atom is 0.136 e. The van der Waals surface area contributed by atoms with Gasteiger partial charge in [0.05, 0.1) is 16.7 Å². The maximum atomic E-state index is 6.26. The van der Waals surface area contributed by atoms with Crippen LogP contribution in [0.4, 0.5) is 17.1 Å². The van der Waals surface area contributed by atoms with Gasteiger partial charge in [0.2, 0.25) is 0 Å². The Bertz CT molecular complexity index is 3380. The van der Waals surface area contributed by atoms with Crippen molar-refractivity contribution in [2.45, 2.75) is 19.3 Å². The maximum absolute atomic E-state index is 6.26. The summed E-state index contributed by atoms with van der Waals surface area (Å²) in [5.74, 6) is 0. The molecule has 58 heavy (non-hydrogen) atoms. The van der Waals surface area contributed by atoms with E-state index in [0.717, 1.165) is 50.1 Å². The van der Waals surface area contributed by atoms with Crippen molar-refractivity contribution in [2.24, 2.45) is 0 Å². The molecule has 2 aromatic heterocycles. The molecule has 3 heteroatoms. The summed E-state index contributed by atoms with van der Waals surface area (Å²) in [5.41, 5.74) is 16.2. The molecule has 11 aromatic rings. The number of rotatable bonds is 5. The number of nitrogens with zero attached hydrogens (tertiary/aromatic N) is 2. The predicted molar refractivity (Wildman–Crippen MR) is 243 cm³/mol. The van der Waals surface area contributed by atoms with E-state index in [0.29, 0.717) is 0 Å². The molecule has 274 valence electrons. The third kappa shape index (κ3) is 4.80. The number of hydrogen-bond donors (Lipinski definition) is 0. The van der Waals surface area contributed by atoms with E-state index in [1.165, 1.54) is 60.5 Å². The highest BCUT2D eigenvalue weighted by Crippen LogP contribution is 2.52. The molecule has 0 N–H and O–H groups in total. The lowest BCUT2D eigenvalue weighted by atomic mass is 9.82.